The molecule has 140 valence electrons. The van der Waals surface area contributed by atoms with Gasteiger partial charge in [0.05, 0.1) is 5.56 Å². The van der Waals surface area contributed by atoms with Crippen molar-refractivity contribution in [2.24, 2.45) is 0 Å². The first-order valence-electron chi connectivity index (χ1n) is 8.40. The van der Waals surface area contributed by atoms with Gasteiger partial charge in [-0.3, -0.25) is 4.79 Å². The van der Waals surface area contributed by atoms with Crippen LogP contribution < -0.4 is 9.47 Å². The molecule has 1 heterocycles. The van der Waals surface area contributed by atoms with Crippen LogP contribution in [-0.2, 0) is 6.61 Å². The highest BCUT2D eigenvalue weighted by Crippen LogP contribution is 2.36. The number of benzene rings is 3. The Kier molecular flexibility index (Phi) is 5.31. The fourth-order valence-corrected chi connectivity index (χ4v) is 3.35. The van der Waals surface area contributed by atoms with Crippen molar-refractivity contribution >= 4 is 46.7 Å². The van der Waals surface area contributed by atoms with E-state index in [0.29, 0.717) is 44.3 Å². The van der Waals surface area contributed by atoms with Gasteiger partial charge in [0.2, 0.25) is 5.78 Å². The number of ether oxygens (including phenoxy) is 2. The molecule has 6 heteroatoms. The molecule has 0 N–H and O–H groups in total. The van der Waals surface area contributed by atoms with Gasteiger partial charge in [-0.05, 0) is 53.6 Å². The second kappa shape index (κ2) is 7.88. The van der Waals surface area contributed by atoms with Crippen LogP contribution in [0.1, 0.15) is 21.5 Å². The highest BCUT2D eigenvalue weighted by molar-refractivity contribution is 6.35. The minimum Gasteiger partial charge on any atom is -0.489 e. The Hall–Kier alpha value is -2.46. The second-order valence-corrected chi connectivity index (χ2v) is 7.46. The normalized spacial score (nSPS) is 14.1. The Morgan fingerprint density at radius 3 is 2.39 bits per heavy atom. The fourth-order valence-electron chi connectivity index (χ4n) is 2.76. The van der Waals surface area contributed by atoms with Crippen LogP contribution in [0.2, 0.25) is 15.1 Å². The van der Waals surface area contributed by atoms with Crippen LogP contribution >= 0.6 is 34.8 Å². The molecule has 0 amide bonds. The van der Waals surface area contributed by atoms with Crippen molar-refractivity contribution in [3.63, 3.8) is 0 Å². The second-order valence-electron chi connectivity index (χ2n) is 6.18. The quantitative estimate of drug-likeness (QED) is 0.424. The van der Waals surface area contributed by atoms with Crippen LogP contribution in [-0.4, -0.2) is 5.78 Å². The van der Waals surface area contributed by atoms with Gasteiger partial charge in [0.25, 0.3) is 0 Å². The lowest BCUT2D eigenvalue weighted by Crippen LogP contribution is -1.98. The molecule has 3 nitrogen and oxygen atoms in total. The molecule has 0 saturated heterocycles. The predicted molar refractivity (Wildman–Crippen MR) is 112 cm³/mol. The number of fused-ring (bicyclic) bond motifs is 1. The summed E-state index contributed by atoms with van der Waals surface area (Å²) in [4.78, 5) is 12.6. The van der Waals surface area contributed by atoms with E-state index in [1.54, 1.807) is 42.5 Å². The van der Waals surface area contributed by atoms with Crippen LogP contribution in [0.25, 0.3) is 6.08 Å². The summed E-state index contributed by atoms with van der Waals surface area (Å²) in [5.41, 5.74) is 2.12. The van der Waals surface area contributed by atoms with E-state index in [1.165, 1.54) is 0 Å². The molecular weight excluding hydrogens is 419 g/mol. The zero-order valence-corrected chi connectivity index (χ0v) is 16.7. The molecule has 0 saturated carbocycles. The number of Topliss-reactive ketones (excluding diaryl/α,β-unsaturated/α-hetero) is 1. The van der Waals surface area contributed by atoms with Gasteiger partial charge in [-0.2, -0.15) is 0 Å². The standard InChI is InChI=1S/C22H13Cl3O3/c23-15-4-1-13(2-5-15)12-27-17-7-8-18-20(11-17)28-21(22(18)26)9-14-3-6-16(24)10-19(14)25/h1-11H,12H2/b21-9-. The summed E-state index contributed by atoms with van der Waals surface area (Å²) >= 11 is 18.0. The van der Waals surface area contributed by atoms with Crippen molar-refractivity contribution in [2.45, 2.75) is 6.61 Å². The minimum atomic E-state index is -0.203. The van der Waals surface area contributed by atoms with Gasteiger partial charge in [-0.15, -0.1) is 0 Å². The number of hydrogen-bond acceptors (Lipinski definition) is 3. The molecule has 0 fully saturated rings. The molecule has 0 unspecified atom stereocenters. The van der Waals surface area contributed by atoms with Crippen LogP contribution in [0.5, 0.6) is 11.5 Å². The third-order valence-electron chi connectivity index (χ3n) is 4.21. The number of allylic oxidation sites excluding steroid dienone is 1. The zero-order chi connectivity index (χ0) is 19.7. The van der Waals surface area contributed by atoms with Gasteiger partial charge in [-0.1, -0.05) is 53.0 Å². The predicted octanol–water partition coefficient (Wildman–Crippen LogP) is 6.84. The maximum atomic E-state index is 12.6. The Labute approximate surface area is 177 Å². The fraction of sp³-hybridized carbons (Fsp3) is 0.0455. The monoisotopic (exact) mass is 430 g/mol. The maximum absolute atomic E-state index is 12.6. The van der Waals surface area contributed by atoms with Crippen molar-refractivity contribution in [3.05, 3.63) is 98.2 Å². The summed E-state index contributed by atoms with van der Waals surface area (Å²) in [7, 11) is 0. The van der Waals surface area contributed by atoms with E-state index in [9.17, 15) is 4.79 Å². The van der Waals surface area contributed by atoms with Crippen molar-refractivity contribution < 1.29 is 14.3 Å². The zero-order valence-electron chi connectivity index (χ0n) is 14.4. The molecule has 3 aromatic carbocycles. The molecule has 3 aromatic rings. The van der Waals surface area contributed by atoms with Crippen LogP contribution in [0, 0.1) is 0 Å². The number of ketones is 1. The van der Waals surface area contributed by atoms with E-state index >= 15 is 0 Å². The van der Waals surface area contributed by atoms with E-state index in [2.05, 4.69) is 0 Å². The third kappa shape index (κ3) is 4.02. The molecule has 1 aliphatic rings. The molecular formula is C22H13Cl3O3. The highest BCUT2D eigenvalue weighted by atomic mass is 35.5. The lowest BCUT2D eigenvalue weighted by Gasteiger charge is -2.07. The minimum absolute atomic E-state index is 0.203. The molecule has 0 aliphatic carbocycles. The molecule has 0 radical (unpaired) electrons. The molecule has 0 aromatic heterocycles. The summed E-state index contributed by atoms with van der Waals surface area (Å²) in [6.07, 6.45) is 1.61. The van der Waals surface area contributed by atoms with Gasteiger partial charge in [0.15, 0.2) is 5.76 Å². The lowest BCUT2D eigenvalue weighted by molar-refractivity contribution is 0.101. The number of carbonyl (C=O) groups is 1. The van der Waals surface area contributed by atoms with E-state index in [1.807, 2.05) is 24.3 Å². The highest BCUT2D eigenvalue weighted by Gasteiger charge is 2.28. The maximum Gasteiger partial charge on any atom is 0.231 e. The van der Waals surface area contributed by atoms with Crippen LogP contribution in [0.15, 0.2) is 66.4 Å². The number of rotatable bonds is 4. The van der Waals surface area contributed by atoms with Crippen molar-refractivity contribution in [1.82, 2.24) is 0 Å². The van der Waals surface area contributed by atoms with Crippen molar-refractivity contribution in [1.29, 1.82) is 0 Å². The van der Waals surface area contributed by atoms with Crippen LogP contribution in [0.3, 0.4) is 0 Å². The molecule has 1 aliphatic heterocycles. The van der Waals surface area contributed by atoms with Crippen LogP contribution in [0.4, 0.5) is 0 Å². The SMILES string of the molecule is O=C1/C(=C/c2ccc(Cl)cc2Cl)Oc2cc(OCc3ccc(Cl)cc3)ccc21. The topological polar surface area (TPSA) is 35.5 Å². The summed E-state index contributed by atoms with van der Waals surface area (Å²) in [6, 6.07) is 17.6. The van der Waals surface area contributed by atoms with E-state index in [0.717, 1.165) is 5.56 Å². The van der Waals surface area contributed by atoms with Crippen molar-refractivity contribution in [2.75, 3.05) is 0 Å². The average molecular weight is 432 g/mol. The number of hydrogen-bond donors (Lipinski definition) is 0. The molecule has 4 rings (SSSR count). The third-order valence-corrected chi connectivity index (χ3v) is 5.02. The van der Waals surface area contributed by atoms with Gasteiger partial charge in [-0.25, -0.2) is 0 Å². The lowest BCUT2D eigenvalue weighted by atomic mass is 10.1. The van der Waals surface area contributed by atoms with Crippen molar-refractivity contribution in [3.8, 4) is 11.5 Å². The van der Waals surface area contributed by atoms with Gasteiger partial charge in [0.1, 0.15) is 18.1 Å². The van der Waals surface area contributed by atoms with Gasteiger partial charge >= 0.3 is 0 Å². The first kappa shape index (κ1) is 18.9. The molecule has 0 atom stereocenters. The number of halogens is 3. The average Bonchev–Trinajstić information content (AvgIpc) is 2.98. The van der Waals surface area contributed by atoms with E-state index in [-0.39, 0.29) is 11.5 Å². The smallest absolute Gasteiger partial charge is 0.231 e. The molecule has 0 spiro atoms. The summed E-state index contributed by atoms with van der Waals surface area (Å²) in [6.45, 7) is 0.382. The van der Waals surface area contributed by atoms with E-state index < -0.39 is 0 Å². The Balaban J connectivity index is 1.52. The summed E-state index contributed by atoms with van der Waals surface area (Å²) in [5, 5.41) is 1.64. The Morgan fingerprint density at radius 1 is 0.893 bits per heavy atom. The number of carbonyl (C=O) groups excluding carboxylic acids is 1. The summed E-state index contributed by atoms with van der Waals surface area (Å²) < 4.78 is 11.5. The van der Waals surface area contributed by atoms with Gasteiger partial charge < -0.3 is 9.47 Å². The van der Waals surface area contributed by atoms with Gasteiger partial charge in [0, 0.05) is 21.1 Å². The molecule has 28 heavy (non-hydrogen) atoms. The van der Waals surface area contributed by atoms with E-state index in [4.69, 9.17) is 44.3 Å². The largest absolute Gasteiger partial charge is 0.489 e. The Bertz CT molecular complexity index is 1090. The first-order valence-corrected chi connectivity index (χ1v) is 9.53. The first-order chi connectivity index (χ1) is 13.5. The summed E-state index contributed by atoms with van der Waals surface area (Å²) in [5.74, 6) is 1.06. The Morgan fingerprint density at radius 2 is 1.64 bits per heavy atom. The molecule has 0 bridgehead atoms.